The molecule has 1 aromatic carbocycles. The lowest BCUT2D eigenvalue weighted by atomic mass is 10.1. The molecule has 1 N–H and O–H groups in total. The highest BCUT2D eigenvalue weighted by molar-refractivity contribution is 5.92. The highest BCUT2D eigenvalue weighted by Crippen LogP contribution is 2.34. The summed E-state index contributed by atoms with van der Waals surface area (Å²) in [6.07, 6.45) is -4.01. The summed E-state index contributed by atoms with van der Waals surface area (Å²) in [4.78, 5) is 24.9. The summed E-state index contributed by atoms with van der Waals surface area (Å²) in [5.41, 5.74) is -1.19. The van der Waals surface area contributed by atoms with Gasteiger partial charge in [-0.05, 0) is 18.6 Å². The van der Waals surface area contributed by atoms with Gasteiger partial charge >= 0.3 is 6.18 Å². The molecule has 0 atom stereocenters. The average molecular weight is 346 g/mol. The molecule has 0 aromatic heterocycles. The van der Waals surface area contributed by atoms with Crippen LogP contribution in [0, 0.1) is 0 Å². The minimum atomic E-state index is -4.55. The van der Waals surface area contributed by atoms with Crippen molar-refractivity contribution >= 4 is 17.5 Å². The van der Waals surface area contributed by atoms with E-state index in [1.54, 1.807) is 7.11 Å². The number of benzene rings is 1. The van der Waals surface area contributed by atoms with Crippen molar-refractivity contribution < 1.29 is 27.5 Å². The Kier molecular flexibility index (Phi) is 7.70. The molecule has 0 saturated carbocycles. The molecular formula is C16H21F3N2O3. The molecule has 0 unspecified atom stereocenters. The zero-order valence-electron chi connectivity index (χ0n) is 13.7. The number of halogens is 3. The van der Waals surface area contributed by atoms with Gasteiger partial charge in [0.1, 0.15) is 0 Å². The SMILES string of the molecule is COCCCN(CCC(=O)Nc1ccccc1C(F)(F)F)C(C)=O. The van der Waals surface area contributed by atoms with Gasteiger partial charge in [-0.3, -0.25) is 9.59 Å². The fourth-order valence-electron chi connectivity index (χ4n) is 2.11. The first-order valence-electron chi connectivity index (χ1n) is 7.46. The second kappa shape index (κ2) is 9.27. The summed E-state index contributed by atoms with van der Waals surface area (Å²) < 4.78 is 43.5. The van der Waals surface area contributed by atoms with Crippen LogP contribution in [0.5, 0.6) is 0 Å². The van der Waals surface area contributed by atoms with Crippen LogP contribution >= 0.6 is 0 Å². The van der Waals surface area contributed by atoms with Gasteiger partial charge in [0.05, 0.1) is 11.3 Å². The number of ether oxygens (including phenoxy) is 1. The van der Waals surface area contributed by atoms with Crippen molar-refractivity contribution in [1.82, 2.24) is 4.90 Å². The van der Waals surface area contributed by atoms with Crippen molar-refractivity contribution in [2.45, 2.75) is 25.9 Å². The van der Waals surface area contributed by atoms with Gasteiger partial charge in [0.25, 0.3) is 0 Å². The van der Waals surface area contributed by atoms with Crippen molar-refractivity contribution in [3.63, 3.8) is 0 Å². The Morgan fingerprint density at radius 1 is 1.21 bits per heavy atom. The standard InChI is InChI=1S/C16H21F3N2O3/c1-12(22)21(9-5-11-24-2)10-8-15(23)20-14-7-4-3-6-13(14)16(17,18)19/h3-4,6-7H,5,8-11H2,1-2H3,(H,20,23). The van der Waals surface area contributed by atoms with E-state index in [9.17, 15) is 22.8 Å². The topological polar surface area (TPSA) is 58.6 Å². The molecular weight excluding hydrogens is 325 g/mol. The molecule has 2 amide bonds. The summed E-state index contributed by atoms with van der Waals surface area (Å²) in [5.74, 6) is -0.778. The van der Waals surface area contributed by atoms with Crippen LogP contribution in [-0.2, 0) is 20.5 Å². The Hall–Kier alpha value is -2.09. The van der Waals surface area contributed by atoms with Gasteiger partial charge in [-0.1, -0.05) is 12.1 Å². The molecule has 5 nitrogen and oxygen atoms in total. The number of para-hydroxylation sites is 1. The molecule has 1 aromatic rings. The van der Waals surface area contributed by atoms with E-state index in [2.05, 4.69) is 5.32 Å². The van der Waals surface area contributed by atoms with Crippen LogP contribution in [0.2, 0.25) is 0 Å². The molecule has 0 bridgehead atoms. The zero-order valence-corrected chi connectivity index (χ0v) is 13.7. The van der Waals surface area contributed by atoms with Crippen molar-refractivity contribution in [2.24, 2.45) is 0 Å². The molecule has 0 radical (unpaired) electrons. The largest absolute Gasteiger partial charge is 0.418 e. The highest BCUT2D eigenvalue weighted by Gasteiger charge is 2.33. The highest BCUT2D eigenvalue weighted by atomic mass is 19.4. The van der Waals surface area contributed by atoms with Crippen molar-refractivity contribution in [3.05, 3.63) is 29.8 Å². The van der Waals surface area contributed by atoms with E-state index in [0.717, 1.165) is 6.07 Å². The third-order valence-corrected chi connectivity index (χ3v) is 3.34. The summed E-state index contributed by atoms with van der Waals surface area (Å²) in [6, 6.07) is 4.77. The molecule has 0 aliphatic heterocycles. The van der Waals surface area contributed by atoms with Crippen molar-refractivity contribution in [3.8, 4) is 0 Å². The summed E-state index contributed by atoms with van der Waals surface area (Å²) in [7, 11) is 1.55. The maximum Gasteiger partial charge on any atom is 0.418 e. The van der Waals surface area contributed by atoms with Crippen LogP contribution in [0.15, 0.2) is 24.3 Å². The lowest BCUT2D eigenvalue weighted by Crippen LogP contribution is -2.33. The van der Waals surface area contributed by atoms with E-state index < -0.39 is 17.6 Å². The first-order chi connectivity index (χ1) is 11.3. The first-order valence-corrected chi connectivity index (χ1v) is 7.46. The van der Waals surface area contributed by atoms with E-state index >= 15 is 0 Å². The molecule has 8 heteroatoms. The Morgan fingerprint density at radius 3 is 2.46 bits per heavy atom. The minimum Gasteiger partial charge on any atom is -0.385 e. The molecule has 0 saturated heterocycles. The van der Waals surface area contributed by atoms with Gasteiger partial charge in [-0.2, -0.15) is 13.2 Å². The molecule has 134 valence electrons. The second-order valence-electron chi connectivity index (χ2n) is 5.19. The van der Waals surface area contributed by atoms with Gasteiger partial charge < -0.3 is 15.0 Å². The number of rotatable bonds is 8. The maximum absolute atomic E-state index is 12.9. The Morgan fingerprint density at radius 2 is 1.88 bits per heavy atom. The number of nitrogens with one attached hydrogen (secondary N) is 1. The van der Waals surface area contributed by atoms with Crippen molar-refractivity contribution in [1.29, 1.82) is 0 Å². The van der Waals surface area contributed by atoms with E-state index in [0.29, 0.717) is 19.6 Å². The van der Waals surface area contributed by atoms with Gasteiger partial charge in [-0.15, -0.1) is 0 Å². The van der Waals surface area contributed by atoms with Crippen LogP contribution in [0.1, 0.15) is 25.3 Å². The predicted octanol–water partition coefficient (Wildman–Crippen LogP) is 2.92. The number of carbonyl (C=O) groups excluding carboxylic acids is 2. The molecule has 0 spiro atoms. The Bertz CT molecular complexity index is 562. The molecule has 0 aliphatic carbocycles. The van der Waals surface area contributed by atoms with Gasteiger partial charge in [-0.25, -0.2) is 0 Å². The Balaban J connectivity index is 2.61. The van der Waals surface area contributed by atoms with E-state index in [-0.39, 0.29) is 24.6 Å². The Labute approximate surface area is 138 Å². The summed E-state index contributed by atoms with van der Waals surface area (Å²) >= 11 is 0. The van der Waals surface area contributed by atoms with E-state index in [1.807, 2.05) is 0 Å². The number of nitrogens with zero attached hydrogens (tertiary/aromatic N) is 1. The monoisotopic (exact) mass is 346 g/mol. The number of anilines is 1. The smallest absolute Gasteiger partial charge is 0.385 e. The zero-order chi connectivity index (χ0) is 18.2. The van der Waals surface area contributed by atoms with E-state index in [1.165, 1.54) is 30.0 Å². The predicted molar refractivity (Wildman–Crippen MR) is 83.4 cm³/mol. The number of hydrogen-bond donors (Lipinski definition) is 1. The van der Waals surface area contributed by atoms with Crippen LogP contribution < -0.4 is 5.32 Å². The fourth-order valence-corrected chi connectivity index (χ4v) is 2.11. The minimum absolute atomic E-state index is 0.0846. The van der Waals surface area contributed by atoms with Gasteiger partial charge in [0.2, 0.25) is 11.8 Å². The van der Waals surface area contributed by atoms with Crippen LogP contribution in [0.3, 0.4) is 0 Å². The van der Waals surface area contributed by atoms with Gasteiger partial charge in [0.15, 0.2) is 0 Å². The third-order valence-electron chi connectivity index (χ3n) is 3.34. The van der Waals surface area contributed by atoms with Crippen LogP contribution in [0.25, 0.3) is 0 Å². The number of amides is 2. The number of alkyl halides is 3. The normalized spacial score (nSPS) is 11.2. The number of carbonyl (C=O) groups is 2. The fraction of sp³-hybridized carbons (Fsp3) is 0.500. The first kappa shape index (κ1) is 20.0. The second-order valence-corrected chi connectivity index (χ2v) is 5.19. The lowest BCUT2D eigenvalue weighted by molar-refractivity contribution is -0.137. The van der Waals surface area contributed by atoms with Crippen molar-refractivity contribution in [2.75, 3.05) is 32.1 Å². The number of methoxy groups -OCH3 is 1. The third kappa shape index (κ3) is 6.57. The molecule has 1 rings (SSSR count). The lowest BCUT2D eigenvalue weighted by Gasteiger charge is -2.21. The molecule has 0 fully saturated rings. The summed E-state index contributed by atoms with van der Waals surface area (Å²) in [6.45, 7) is 2.42. The maximum atomic E-state index is 12.9. The number of hydrogen-bond acceptors (Lipinski definition) is 3. The average Bonchev–Trinajstić information content (AvgIpc) is 2.49. The quantitative estimate of drug-likeness (QED) is 0.737. The van der Waals surface area contributed by atoms with Gasteiger partial charge in [0, 0.05) is 40.2 Å². The molecule has 0 aliphatic rings. The van der Waals surface area contributed by atoms with Crippen LogP contribution in [-0.4, -0.2) is 43.5 Å². The molecule has 0 heterocycles. The summed E-state index contributed by atoms with van der Waals surface area (Å²) in [5, 5.41) is 2.26. The molecule has 24 heavy (non-hydrogen) atoms. The van der Waals surface area contributed by atoms with Crippen LogP contribution in [0.4, 0.5) is 18.9 Å². The van der Waals surface area contributed by atoms with E-state index in [4.69, 9.17) is 4.74 Å².